The van der Waals surface area contributed by atoms with E-state index in [-0.39, 0.29) is 0 Å². The maximum Gasteiger partial charge on any atom is 0.148 e. The molecule has 5 heteroatoms. The van der Waals surface area contributed by atoms with Gasteiger partial charge in [0.15, 0.2) is 0 Å². The van der Waals surface area contributed by atoms with Crippen LogP contribution in [0, 0.1) is 6.92 Å². The van der Waals surface area contributed by atoms with Crippen molar-refractivity contribution in [1.29, 1.82) is 0 Å². The number of rotatable bonds is 3. The predicted octanol–water partition coefficient (Wildman–Crippen LogP) is 4.17. The number of hydrogen-bond acceptors (Lipinski definition) is 4. The van der Waals surface area contributed by atoms with Crippen LogP contribution in [0.1, 0.15) is 58.7 Å². The van der Waals surface area contributed by atoms with Gasteiger partial charge >= 0.3 is 0 Å². The van der Waals surface area contributed by atoms with E-state index in [1.807, 2.05) is 20.8 Å². The minimum atomic E-state index is 0.543. The van der Waals surface area contributed by atoms with Crippen molar-refractivity contribution >= 4 is 17.4 Å². The zero-order valence-corrected chi connectivity index (χ0v) is 14.0. The number of hydrogen-bond donors (Lipinski definition) is 2. The van der Waals surface area contributed by atoms with Crippen LogP contribution >= 0.6 is 11.6 Å². The van der Waals surface area contributed by atoms with Crippen LogP contribution in [0.4, 0.5) is 5.82 Å². The molecule has 116 valence electrons. The second-order valence-corrected chi connectivity index (χ2v) is 4.94. The fraction of sp³-hybridized carbons (Fsp3) is 0.733. The lowest BCUT2D eigenvalue weighted by Gasteiger charge is -2.13. The third-order valence-electron chi connectivity index (χ3n) is 2.85. The summed E-state index contributed by atoms with van der Waals surface area (Å²) in [5, 5.41) is 3.98. The Labute approximate surface area is 128 Å². The summed E-state index contributed by atoms with van der Waals surface area (Å²) in [6.45, 7) is 8.75. The monoisotopic (exact) mass is 300 g/mol. The smallest absolute Gasteiger partial charge is 0.148 e. The highest BCUT2D eigenvalue weighted by Crippen LogP contribution is 2.25. The highest BCUT2D eigenvalue weighted by Gasteiger charge is 2.16. The standard InChI is InChI=1S/C10H14ClN3.C3H9N.C2H6/c1-7-12-6-9(11)10(13-7)14-8-4-2-3-5-8;1-2-3-4;1-2/h6,8H,2-5H2,1H3,(H,12,13,14);2-4H2,1H3;1-2H3. The van der Waals surface area contributed by atoms with Gasteiger partial charge < -0.3 is 11.1 Å². The summed E-state index contributed by atoms with van der Waals surface area (Å²) in [6.07, 6.45) is 7.80. The Balaban J connectivity index is 0.000000521. The molecule has 0 atom stereocenters. The van der Waals surface area contributed by atoms with Gasteiger partial charge in [0, 0.05) is 6.04 Å². The van der Waals surface area contributed by atoms with E-state index in [0.29, 0.717) is 11.1 Å². The van der Waals surface area contributed by atoms with E-state index < -0.39 is 0 Å². The van der Waals surface area contributed by atoms with Gasteiger partial charge in [0.05, 0.1) is 6.20 Å². The zero-order chi connectivity index (χ0) is 15.4. The van der Waals surface area contributed by atoms with E-state index in [4.69, 9.17) is 17.3 Å². The first kappa shape index (κ1) is 19.1. The first-order chi connectivity index (χ1) is 9.67. The molecule has 2 rings (SSSR count). The molecule has 1 aliphatic carbocycles. The van der Waals surface area contributed by atoms with Crippen LogP contribution in [0.15, 0.2) is 6.20 Å². The molecular weight excluding hydrogens is 272 g/mol. The minimum Gasteiger partial charge on any atom is -0.366 e. The summed E-state index contributed by atoms with van der Waals surface area (Å²) in [7, 11) is 0. The molecule has 1 heterocycles. The molecule has 1 fully saturated rings. The Bertz CT molecular complexity index is 350. The van der Waals surface area contributed by atoms with Gasteiger partial charge in [-0.15, -0.1) is 0 Å². The van der Waals surface area contributed by atoms with E-state index in [2.05, 4.69) is 22.2 Å². The summed E-state index contributed by atoms with van der Waals surface area (Å²) in [6, 6.07) is 0.543. The van der Waals surface area contributed by atoms with Crippen LogP contribution in [0.25, 0.3) is 0 Å². The first-order valence-corrected chi connectivity index (χ1v) is 8.01. The van der Waals surface area contributed by atoms with Crippen LogP contribution in [-0.2, 0) is 0 Å². The van der Waals surface area contributed by atoms with Crippen molar-refractivity contribution < 1.29 is 0 Å². The summed E-state index contributed by atoms with van der Waals surface area (Å²) >= 11 is 5.99. The van der Waals surface area contributed by atoms with Crippen LogP contribution in [0.2, 0.25) is 5.02 Å². The fourth-order valence-electron chi connectivity index (χ4n) is 1.82. The van der Waals surface area contributed by atoms with Crippen molar-refractivity contribution in [3.63, 3.8) is 0 Å². The Morgan fingerprint density at radius 3 is 2.40 bits per heavy atom. The van der Waals surface area contributed by atoms with Gasteiger partial charge in [-0.25, -0.2) is 9.97 Å². The lowest BCUT2D eigenvalue weighted by molar-refractivity contribution is 0.748. The molecule has 0 spiro atoms. The number of nitrogens with two attached hydrogens (primary N) is 1. The van der Waals surface area contributed by atoms with Crippen molar-refractivity contribution in [3.8, 4) is 0 Å². The number of nitrogens with one attached hydrogen (secondary N) is 1. The number of halogens is 1. The summed E-state index contributed by atoms with van der Waals surface area (Å²) in [5.74, 6) is 1.54. The molecule has 1 aliphatic rings. The lowest BCUT2D eigenvalue weighted by atomic mass is 10.2. The number of nitrogens with zero attached hydrogens (tertiary/aromatic N) is 2. The molecular formula is C15H29ClN4. The van der Waals surface area contributed by atoms with E-state index in [9.17, 15) is 0 Å². The maximum atomic E-state index is 5.99. The fourth-order valence-corrected chi connectivity index (χ4v) is 1.97. The first-order valence-electron chi connectivity index (χ1n) is 7.63. The van der Waals surface area contributed by atoms with Crippen molar-refractivity contribution in [2.24, 2.45) is 5.73 Å². The maximum absolute atomic E-state index is 5.99. The van der Waals surface area contributed by atoms with Crippen LogP contribution < -0.4 is 11.1 Å². The number of aromatic nitrogens is 2. The van der Waals surface area contributed by atoms with Gasteiger partial charge in [-0.3, -0.25) is 0 Å². The number of anilines is 1. The quantitative estimate of drug-likeness (QED) is 0.879. The largest absolute Gasteiger partial charge is 0.366 e. The zero-order valence-electron chi connectivity index (χ0n) is 13.2. The van der Waals surface area contributed by atoms with Gasteiger partial charge in [0.2, 0.25) is 0 Å². The van der Waals surface area contributed by atoms with Crippen molar-refractivity contribution in [2.75, 3.05) is 11.9 Å². The van der Waals surface area contributed by atoms with Crippen LogP contribution in [0.3, 0.4) is 0 Å². The van der Waals surface area contributed by atoms with Crippen molar-refractivity contribution in [1.82, 2.24) is 9.97 Å². The van der Waals surface area contributed by atoms with Gasteiger partial charge in [-0.2, -0.15) is 0 Å². The van der Waals surface area contributed by atoms with Crippen LogP contribution in [-0.4, -0.2) is 22.6 Å². The molecule has 0 aromatic carbocycles. The average molecular weight is 301 g/mol. The second-order valence-electron chi connectivity index (χ2n) is 4.53. The molecule has 20 heavy (non-hydrogen) atoms. The molecule has 1 aromatic heterocycles. The SMILES string of the molecule is CC.CCCN.Cc1ncc(Cl)c(NC2CCCC2)n1. The van der Waals surface area contributed by atoms with Gasteiger partial charge in [0.1, 0.15) is 16.7 Å². The van der Waals surface area contributed by atoms with Crippen LogP contribution in [0.5, 0.6) is 0 Å². The minimum absolute atomic E-state index is 0.543. The summed E-state index contributed by atoms with van der Waals surface area (Å²) < 4.78 is 0. The molecule has 0 radical (unpaired) electrons. The molecule has 0 amide bonds. The summed E-state index contributed by atoms with van der Waals surface area (Å²) in [5.41, 5.74) is 5.03. The van der Waals surface area contributed by atoms with E-state index >= 15 is 0 Å². The normalized spacial score (nSPS) is 13.9. The lowest BCUT2D eigenvalue weighted by Crippen LogP contribution is -2.16. The Morgan fingerprint density at radius 1 is 1.35 bits per heavy atom. The van der Waals surface area contributed by atoms with Gasteiger partial charge in [-0.1, -0.05) is 45.2 Å². The molecule has 0 unspecified atom stereocenters. The van der Waals surface area contributed by atoms with E-state index in [1.165, 1.54) is 25.7 Å². The highest BCUT2D eigenvalue weighted by molar-refractivity contribution is 6.32. The molecule has 0 bridgehead atoms. The van der Waals surface area contributed by atoms with E-state index in [0.717, 1.165) is 24.6 Å². The Kier molecular flexibility index (Phi) is 11.4. The highest BCUT2D eigenvalue weighted by atomic mass is 35.5. The molecule has 4 nitrogen and oxygen atoms in total. The number of aryl methyl sites for hydroxylation is 1. The molecule has 0 aliphatic heterocycles. The van der Waals surface area contributed by atoms with E-state index in [1.54, 1.807) is 6.20 Å². The Morgan fingerprint density at radius 2 is 1.90 bits per heavy atom. The Hall–Kier alpha value is -0.870. The molecule has 1 aromatic rings. The molecule has 1 saturated carbocycles. The predicted molar refractivity (Wildman–Crippen MR) is 88.4 cm³/mol. The summed E-state index contributed by atoms with van der Waals surface area (Å²) in [4.78, 5) is 8.31. The third-order valence-corrected chi connectivity index (χ3v) is 3.13. The second kappa shape index (κ2) is 11.9. The topological polar surface area (TPSA) is 63.8 Å². The molecule has 0 saturated heterocycles. The van der Waals surface area contributed by atoms with Crippen molar-refractivity contribution in [3.05, 3.63) is 17.0 Å². The van der Waals surface area contributed by atoms with Gasteiger partial charge in [-0.05, 0) is 32.7 Å². The molecule has 3 N–H and O–H groups in total. The van der Waals surface area contributed by atoms with Gasteiger partial charge in [0.25, 0.3) is 0 Å². The average Bonchev–Trinajstić information content (AvgIpc) is 2.98. The van der Waals surface area contributed by atoms with Crippen molar-refractivity contribution in [2.45, 2.75) is 65.8 Å². The third kappa shape index (κ3) is 7.65.